The summed E-state index contributed by atoms with van der Waals surface area (Å²) < 4.78 is 23.8. The predicted molar refractivity (Wildman–Crippen MR) is 57.7 cm³/mol. The molecule has 0 heterocycles. The number of hydrogen-bond donors (Lipinski definition) is 2. The average molecular weight is 235 g/mol. The van der Waals surface area contributed by atoms with Crippen LogP contribution in [0.5, 0.6) is 0 Å². The van der Waals surface area contributed by atoms with E-state index in [9.17, 15) is 8.42 Å². The van der Waals surface area contributed by atoms with Gasteiger partial charge in [0.2, 0.25) is 0 Å². The molecule has 1 rings (SSSR count). The van der Waals surface area contributed by atoms with E-state index in [-0.39, 0.29) is 0 Å². The topological polar surface area (TPSA) is 72.2 Å². The van der Waals surface area contributed by atoms with Crippen LogP contribution in [0.25, 0.3) is 0 Å². The van der Waals surface area contributed by atoms with E-state index in [0.29, 0.717) is 10.7 Å². The van der Waals surface area contributed by atoms with Gasteiger partial charge in [0, 0.05) is 0 Å². The maximum Gasteiger partial charge on any atom is 0.296 e. The second kappa shape index (κ2) is 3.76. The molecule has 1 aromatic carbocycles. The molecule has 4 nitrogen and oxygen atoms in total. The maximum absolute atomic E-state index is 10.8. The summed E-state index contributed by atoms with van der Waals surface area (Å²) in [4.78, 5) is 0. The number of aryl methyl sites for hydroxylation is 2. The van der Waals surface area contributed by atoms with Gasteiger partial charge >= 0.3 is 0 Å². The molecule has 0 spiro atoms. The van der Waals surface area contributed by atoms with E-state index in [1.165, 1.54) is 0 Å². The molecular weight excluding hydrogens is 224 g/mol. The fraction of sp³-hybridized carbons (Fsp3) is 0.250. The fourth-order valence-corrected chi connectivity index (χ4v) is 2.17. The van der Waals surface area contributed by atoms with Gasteiger partial charge in [-0.15, -0.1) is 0 Å². The van der Waals surface area contributed by atoms with E-state index in [1.807, 2.05) is 13.0 Å². The molecule has 0 bridgehead atoms. The smallest absolute Gasteiger partial charge is 0.269 e. The SMILES string of the molecule is Cc1cc(C)c(NS(N)(=O)=O)c(Cl)c1. The van der Waals surface area contributed by atoms with Crippen molar-refractivity contribution in [1.29, 1.82) is 0 Å². The van der Waals surface area contributed by atoms with E-state index in [4.69, 9.17) is 16.7 Å². The van der Waals surface area contributed by atoms with Crippen molar-refractivity contribution in [2.45, 2.75) is 13.8 Å². The van der Waals surface area contributed by atoms with Crippen LogP contribution in [-0.2, 0) is 10.2 Å². The Morgan fingerprint density at radius 2 is 1.93 bits per heavy atom. The Balaban J connectivity index is 3.22. The third kappa shape index (κ3) is 2.87. The largest absolute Gasteiger partial charge is 0.296 e. The van der Waals surface area contributed by atoms with Gasteiger partial charge < -0.3 is 0 Å². The first-order chi connectivity index (χ1) is 6.29. The maximum atomic E-state index is 10.8. The van der Waals surface area contributed by atoms with Gasteiger partial charge in [-0.1, -0.05) is 17.7 Å². The molecule has 0 aliphatic heterocycles. The summed E-state index contributed by atoms with van der Waals surface area (Å²) in [5, 5.41) is 5.19. The third-order valence-electron chi connectivity index (χ3n) is 1.68. The lowest BCUT2D eigenvalue weighted by Crippen LogP contribution is -2.22. The molecule has 6 heteroatoms. The minimum absolute atomic E-state index is 0.333. The van der Waals surface area contributed by atoms with Crippen molar-refractivity contribution in [2.75, 3.05) is 4.72 Å². The van der Waals surface area contributed by atoms with E-state index in [1.54, 1.807) is 13.0 Å². The van der Waals surface area contributed by atoms with E-state index in [2.05, 4.69) is 4.72 Å². The number of halogens is 1. The van der Waals surface area contributed by atoms with Crippen molar-refractivity contribution >= 4 is 27.5 Å². The molecule has 0 aromatic heterocycles. The second-order valence-electron chi connectivity index (χ2n) is 3.09. The van der Waals surface area contributed by atoms with Gasteiger partial charge in [0.1, 0.15) is 0 Å². The highest BCUT2D eigenvalue weighted by atomic mass is 35.5. The van der Waals surface area contributed by atoms with Gasteiger partial charge in [-0.05, 0) is 31.0 Å². The number of nitrogens with one attached hydrogen (secondary N) is 1. The zero-order valence-electron chi connectivity index (χ0n) is 7.83. The summed E-state index contributed by atoms with van der Waals surface area (Å²) in [6, 6.07) is 3.49. The average Bonchev–Trinajstić information content (AvgIpc) is 1.95. The number of rotatable bonds is 2. The first-order valence-corrected chi connectivity index (χ1v) is 5.79. The van der Waals surface area contributed by atoms with Crippen LogP contribution in [-0.4, -0.2) is 8.42 Å². The van der Waals surface area contributed by atoms with Gasteiger partial charge in [-0.2, -0.15) is 8.42 Å². The Bertz CT molecular complexity index is 433. The van der Waals surface area contributed by atoms with Crippen molar-refractivity contribution in [2.24, 2.45) is 5.14 Å². The molecule has 0 aliphatic rings. The molecule has 0 saturated carbocycles. The Labute approximate surface area is 88.3 Å². The first-order valence-electron chi connectivity index (χ1n) is 3.87. The Morgan fingerprint density at radius 1 is 1.36 bits per heavy atom. The molecule has 0 unspecified atom stereocenters. The number of benzene rings is 1. The van der Waals surface area contributed by atoms with Gasteiger partial charge in [-0.3, -0.25) is 4.72 Å². The monoisotopic (exact) mass is 234 g/mol. The molecule has 0 amide bonds. The van der Waals surface area contributed by atoms with Gasteiger partial charge in [0.25, 0.3) is 10.2 Å². The molecule has 0 radical (unpaired) electrons. The van der Waals surface area contributed by atoms with Crippen LogP contribution in [0.15, 0.2) is 12.1 Å². The normalized spacial score (nSPS) is 11.4. The van der Waals surface area contributed by atoms with Crippen molar-refractivity contribution in [1.82, 2.24) is 0 Å². The van der Waals surface area contributed by atoms with E-state index in [0.717, 1.165) is 11.1 Å². The van der Waals surface area contributed by atoms with Crippen molar-refractivity contribution in [3.63, 3.8) is 0 Å². The van der Waals surface area contributed by atoms with Gasteiger partial charge in [0.05, 0.1) is 10.7 Å². The molecular formula is C8H11ClN2O2S. The molecule has 3 N–H and O–H groups in total. The van der Waals surface area contributed by atoms with E-state index >= 15 is 0 Å². The summed E-state index contributed by atoms with van der Waals surface area (Å²) in [6.45, 7) is 3.63. The molecule has 0 fully saturated rings. The molecule has 78 valence electrons. The molecule has 14 heavy (non-hydrogen) atoms. The van der Waals surface area contributed by atoms with Gasteiger partial charge in [-0.25, -0.2) is 5.14 Å². The summed E-state index contributed by atoms with van der Waals surface area (Å²) in [5.74, 6) is 0. The van der Waals surface area contributed by atoms with Gasteiger partial charge in [0.15, 0.2) is 0 Å². The zero-order valence-corrected chi connectivity index (χ0v) is 9.41. The van der Waals surface area contributed by atoms with Crippen LogP contribution < -0.4 is 9.86 Å². The molecule has 0 saturated heterocycles. The standard InChI is InChI=1S/C8H11ClN2O2S/c1-5-3-6(2)8(7(9)4-5)11-14(10,12)13/h3-4,11H,1-2H3,(H2,10,12,13). The van der Waals surface area contributed by atoms with E-state index < -0.39 is 10.2 Å². The van der Waals surface area contributed by atoms with Crippen molar-refractivity contribution in [3.05, 3.63) is 28.3 Å². The lowest BCUT2D eigenvalue weighted by atomic mass is 10.1. The first kappa shape index (κ1) is 11.3. The van der Waals surface area contributed by atoms with Crippen molar-refractivity contribution in [3.8, 4) is 0 Å². The number of hydrogen-bond acceptors (Lipinski definition) is 2. The summed E-state index contributed by atoms with van der Waals surface area (Å²) >= 11 is 5.86. The molecule has 1 aromatic rings. The van der Waals surface area contributed by atoms with Crippen LogP contribution in [0.1, 0.15) is 11.1 Å². The quantitative estimate of drug-likeness (QED) is 0.815. The third-order valence-corrected chi connectivity index (χ3v) is 2.46. The highest BCUT2D eigenvalue weighted by Gasteiger charge is 2.09. The Morgan fingerprint density at radius 3 is 2.36 bits per heavy atom. The lowest BCUT2D eigenvalue weighted by Gasteiger charge is -2.10. The Hall–Kier alpha value is -0.780. The number of anilines is 1. The minimum Gasteiger partial charge on any atom is -0.269 e. The Kier molecular flexibility index (Phi) is 3.04. The summed E-state index contributed by atoms with van der Waals surface area (Å²) in [5.41, 5.74) is 2.04. The minimum atomic E-state index is -3.77. The molecule has 0 atom stereocenters. The van der Waals surface area contributed by atoms with Crippen LogP contribution >= 0.6 is 11.6 Å². The zero-order chi connectivity index (χ0) is 10.9. The van der Waals surface area contributed by atoms with Crippen LogP contribution in [0.4, 0.5) is 5.69 Å². The highest BCUT2D eigenvalue weighted by Crippen LogP contribution is 2.27. The van der Waals surface area contributed by atoms with Crippen LogP contribution in [0.3, 0.4) is 0 Å². The second-order valence-corrected chi connectivity index (χ2v) is 4.79. The summed E-state index contributed by atoms with van der Waals surface area (Å²) in [7, 11) is -3.77. The van der Waals surface area contributed by atoms with Crippen LogP contribution in [0, 0.1) is 13.8 Å². The van der Waals surface area contributed by atoms with Crippen LogP contribution in [0.2, 0.25) is 5.02 Å². The lowest BCUT2D eigenvalue weighted by molar-refractivity contribution is 0.603. The fourth-order valence-electron chi connectivity index (χ4n) is 1.19. The number of nitrogens with two attached hydrogens (primary N) is 1. The molecule has 0 aliphatic carbocycles. The van der Waals surface area contributed by atoms with Crippen molar-refractivity contribution < 1.29 is 8.42 Å². The highest BCUT2D eigenvalue weighted by molar-refractivity contribution is 7.90. The summed E-state index contributed by atoms with van der Waals surface area (Å²) in [6.07, 6.45) is 0. The predicted octanol–water partition coefficient (Wildman–Crippen LogP) is 1.57.